The molecule has 3 rings (SSSR count). The summed E-state index contributed by atoms with van der Waals surface area (Å²) in [5.74, 6) is -0.00395. The minimum atomic E-state index is -4.56. The second-order valence-electron chi connectivity index (χ2n) is 6.23. The molecule has 10 heteroatoms. The molecule has 0 radical (unpaired) electrons. The molecule has 0 unspecified atom stereocenters. The van der Waals surface area contributed by atoms with Crippen LogP contribution in [0, 0.1) is 6.92 Å². The molecule has 3 aromatic rings. The molecule has 0 aliphatic heterocycles. The van der Waals surface area contributed by atoms with E-state index in [2.05, 4.69) is 25.6 Å². The lowest BCUT2D eigenvalue weighted by Crippen LogP contribution is -2.22. The molecule has 2 heterocycles. The number of aryl methyl sites for hydroxylation is 1. The lowest BCUT2D eigenvalue weighted by atomic mass is 10.3. The van der Waals surface area contributed by atoms with Crippen LogP contribution in [0.25, 0.3) is 10.2 Å². The smallest absolute Gasteiger partial charge is 0.353 e. The van der Waals surface area contributed by atoms with E-state index in [0.29, 0.717) is 18.8 Å². The fourth-order valence-electron chi connectivity index (χ4n) is 2.40. The molecular weight excluding hydrogens is 377 g/mol. The van der Waals surface area contributed by atoms with Crippen molar-refractivity contribution >= 4 is 39.0 Å². The van der Waals surface area contributed by atoms with Gasteiger partial charge >= 0.3 is 6.18 Å². The Morgan fingerprint density at radius 2 is 1.89 bits per heavy atom. The van der Waals surface area contributed by atoms with Gasteiger partial charge in [0.05, 0.1) is 15.2 Å². The molecule has 0 bridgehead atoms. The van der Waals surface area contributed by atoms with Gasteiger partial charge in [-0.1, -0.05) is 0 Å². The summed E-state index contributed by atoms with van der Waals surface area (Å²) in [5.41, 5.74) is 0.397. The molecular formula is C17H19F3N6S. The minimum Gasteiger partial charge on any atom is -0.353 e. The van der Waals surface area contributed by atoms with Gasteiger partial charge in [-0.3, -0.25) is 0 Å². The molecule has 1 aromatic carbocycles. The Bertz CT molecular complexity index is 938. The number of halogens is 3. The molecule has 144 valence electrons. The van der Waals surface area contributed by atoms with Crippen molar-refractivity contribution in [2.75, 3.05) is 37.8 Å². The van der Waals surface area contributed by atoms with Gasteiger partial charge in [-0.05, 0) is 39.2 Å². The Hall–Kier alpha value is -2.46. The number of likely N-dealkylation sites (N-methyl/N-ethyl adjacent to an activating group) is 1. The molecule has 0 aliphatic rings. The van der Waals surface area contributed by atoms with Gasteiger partial charge in [0.25, 0.3) is 0 Å². The van der Waals surface area contributed by atoms with Crippen LogP contribution < -0.4 is 10.6 Å². The van der Waals surface area contributed by atoms with Crippen LogP contribution in [0.5, 0.6) is 0 Å². The predicted molar refractivity (Wildman–Crippen MR) is 102 cm³/mol. The quantitative estimate of drug-likeness (QED) is 0.653. The van der Waals surface area contributed by atoms with Crippen LogP contribution in [0.1, 0.15) is 10.7 Å². The summed E-state index contributed by atoms with van der Waals surface area (Å²) in [5, 5.41) is 6.68. The highest BCUT2D eigenvalue weighted by molar-refractivity contribution is 7.18. The number of thiazole rings is 1. The zero-order valence-electron chi connectivity index (χ0n) is 15.1. The Morgan fingerprint density at radius 3 is 2.59 bits per heavy atom. The number of hydrogen-bond acceptors (Lipinski definition) is 7. The summed E-state index contributed by atoms with van der Waals surface area (Å²) in [6, 6.07) is 6.35. The van der Waals surface area contributed by atoms with Gasteiger partial charge in [0.1, 0.15) is 5.82 Å². The van der Waals surface area contributed by atoms with Gasteiger partial charge in [0.2, 0.25) is 5.95 Å². The Kier molecular flexibility index (Phi) is 5.47. The lowest BCUT2D eigenvalue weighted by molar-refractivity contribution is -0.141. The monoisotopic (exact) mass is 396 g/mol. The molecule has 6 nitrogen and oxygen atoms in total. The zero-order valence-corrected chi connectivity index (χ0v) is 15.9. The Labute approximate surface area is 158 Å². The average Bonchev–Trinajstić information content (AvgIpc) is 2.93. The Balaban J connectivity index is 1.87. The van der Waals surface area contributed by atoms with Crippen LogP contribution in [0.3, 0.4) is 0 Å². The fourth-order valence-corrected chi connectivity index (χ4v) is 3.20. The van der Waals surface area contributed by atoms with E-state index < -0.39 is 11.9 Å². The molecule has 27 heavy (non-hydrogen) atoms. The maximum absolute atomic E-state index is 13.2. The van der Waals surface area contributed by atoms with E-state index in [4.69, 9.17) is 0 Å². The second-order valence-corrected chi connectivity index (χ2v) is 7.47. The number of anilines is 3. The summed E-state index contributed by atoms with van der Waals surface area (Å²) >= 11 is 1.56. The third kappa shape index (κ3) is 5.04. The molecule has 0 amide bonds. The third-order valence-electron chi connectivity index (χ3n) is 3.63. The SMILES string of the molecule is Cc1nc2cc(Nc3cc(C(F)(F)F)nc(NCCN(C)C)n3)ccc2s1. The van der Waals surface area contributed by atoms with E-state index in [0.717, 1.165) is 21.3 Å². The molecule has 2 aromatic heterocycles. The van der Waals surface area contributed by atoms with Crippen molar-refractivity contribution in [3.8, 4) is 0 Å². The van der Waals surface area contributed by atoms with E-state index in [1.165, 1.54) is 0 Å². The summed E-state index contributed by atoms with van der Waals surface area (Å²) in [7, 11) is 3.75. The molecule has 0 spiro atoms. The summed E-state index contributed by atoms with van der Waals surface area (Å²) < 4.78 is 40.6. The number of hydrogen-bond donors (Lipinski definition) is 2. The van der Waals surface area contributed by atoms with Gasteiger partial charge in [0.15, 0.2) is 5.69 Å². The average molecular weight is 396 g/mol. The van der Waals surface area contributed by atoms with Gasteiger partial charge < -0.3 is 15.5 Å². The van der Waals surface area contributed by atoms with Crippen molar-refractivity contribution in [2.45, 2.75) is 13.1 Å². The van der Waals surface area contributed by atoms with E-state index in [9.17, 15) is 13.2 Å². The number of nitrogens with zero attached hydrogens (tertiary/aromatic N) is 4. The molecule has 2 N–H and O–H groups in total. The van der Waals surface area contributed by atoms with Crippen LogP contribution in [-0.2, 0) is 6.18 Å². The van der Waals surface area contributed by atoms with Crippen LogP contribution in [-0.4, -0.2) is 47.0 Å². The number of benzene rings is 1. The van der Waals surface area contributed by atoms with E-state index in [1.807, 2.05) is 32.0 Å². The number of nitrogens with one attached hydrogen (secondary N) is 2. The number of fused-ring (bicyclic) bond motifs is 1. The fraction of sp³-hybridized carbons (Fsp3) is 0.353. The van der Waals surface area contributed by atoms with Gasteiger partial charge in [-0.15, -0.1) is 11.3 Å². The maximum Gasteiger partial charge on any atom is 0.433 e. The van der Waals surface area contributed by atoms with E-state index in [-0.39, 0.29) is 11.8 Å². The first-order valence-electron chi connectivity index (χ1n) is 8.20. The lowest BCUT2D eigenvalue weighted by Gasteiger charge is -2.14. The van der Waals surface area contributed by atoms with Gasteiger partial charge in [-0.25, -0.2) is 9.97 Å². The molecule has 0 saturated heterocycles. The van der Waals surface area contributed by atoms with Crippen LogP contribution >= 0.6 is 11.3 Å². The molecule has 0 atom stereocenters. The minimum absolute atomic E-state index is 0.0657. The summed E-state index contributed by atoms with van der Waals surface area (Å²) in [4.78, 5) is 14.0. The number of rotatable bonds is 6. The summed E-state index contributed by atoms with van der Waals surface area (Å²) in [6.45, 7) is 2.98. The van der Waals surface area contributed by atoms with E-state index >= 15 is 0 Å². The highest BCUT2D eigenvalue weighted by atomic mass is 32.1. The normalized spacial score (nSPS) is 12.0. The first-order valence-corrected chi connectivity index (χ1v) is 9.01. The van der Waals surface area contributed by atoms with Crippen molar-refractivity contribution in [3.05, 3.63) is 35.0 Å². The van der Waals surface area contributed by atoms with Crippen molar-refractivity contribution in [3.63, 3.8) is 0 Å². The first kappa shape index (κ1) is 19.3. The maximum atomic E-state index is 13.2. The number of aromatic nitrogens is 3. The Morgan fingerprint density at radius 1 is 1.11 bits per heavy atom. The van der Waals surface area contributed by atoms with E-state index in [1.54, 1.807) is 23.5 Å². The largest absolute Gasteiger partial charge is 0.433 e. The summed E-state index contributed by atoms with van der Waals surface area (Å²) in [6.07, 6.45) is -4.56. The van der Waals surface area contributed by atoms with Crippen molar-refractivity contribution in [1.82, 2.24) is 19.9 Å². The standard InChI is InChI=1S/C17H19F3N6S/c1-10-22-12-8-11(4-5-13(12)27-10)23-15-9-14(17(18,19)20)24-16(25-15)21-6-7-26(2)3/h4-5,8-9H,6-7H2,1-3H3,(H2,21,23,24,25). The highest BCUT2D eigenvalue weighted by Crippen LogP contribution is 2.31. The van der Waals surface area contributed by atoms with Crippen molar-refractivity contribution < 1.29 is 13.2 Å². The third-order valence-corrected chi connectivity index (χ3v) is 4.58. The second kappa shape index (κ2) is 7.65. The highest BCUT2D eigenvalue weighted by Gasteiger charge is 2.33. The zero-order chi connectivity index (χ0) is 19.6. The number of alkyl halides is 3. The van der Waals surface area contributed by atoms with Crippen LogP contribution in [0.4, 0.5) is 30.6 Å². The first-order chi connectivity index (χ1) is 12.7. The van der Waals surface area contributed by atoms with Crippen molar-refractivity contribution in [2.24, 2.45) is 0 Å². The predicted octanol–water partition coefficient (Wildman–Crippen LogP) is 4.13. The molecule has 0 fully saturated rings. The van der Waals surface area contributed by atoms with Gasteiger partial charge in [-0.2, -0.15) is 18.2 Å². The molecule has 0 saturated carbocycles. The molecule has 0 aliphatic carbocycles. The van der Waals surface area contributed by atoms with Crippen LogP contribution in [0.2, 0.25) is 0 Å². The van der Waals surface area contributed by atoms with Gasteiger partial charge in [0, 0.05) is 24.8 Å². The van der Waals surface area contributed by atoms with Crippen LogP contribution in [0.15, 0.2) is 24.3 Å². The van der Waals surface area contributed by atoms with Crippen molar-refractivity contribution in [1.29, 1.82) is 0 Å². The topological polar surface area (TPSA) is 66.0 Å².